The zero-order valence-corrected chi connectivity index (χ0v) is 18.9. The van der Waals surface area contributed by atoms with Gasteiger partial charge in [-0.1, -0.05) is 30.2 Å². The number of carbonyl (C=O) groups excluding carboxylic acids is 1. The van der Waals surface area contributed by atoms with Crippen LogP contribution in [0.5, 0.6) is 11.5 Å². The molecule has 4 aromatic rings. The number of hydrogen-bond donors (Lipinski definition) is 2. The zero-order valence-electron chi connectivity index (χ0n) is 18.9. The number of nitrogens with one attached hydrogen (secondary N) is 1. The van der Waals surface area contributed by atoms with Crippen molar-refractivity contribution in [2.45, 2.75) is 19.4 Å². The lowest BCUT2D eigenvalue weighted by Crippen LogP contribution is -2.28. The molecular formula is C26H22FN5O3. The third kappa shape index (κ3) is 4.10. The summed E-state index contributed by atoms with van der Waals surface area (Å²) >= 11 is 0. The number of hydrogen-bond acceptors (Lipinski definition) is 5. The number of amides is 1. The molecule has 2 aromatic carbocycles. The molecule has 0 unspecified atom stereocenters. The lowest BCUT2D eigenvalue weighted by Gasteiger charge is -2.15. The van der Waals surface area contributed by atoms with Crippen LogP contribution in [0.3, 0.4) is 0 Å². The van der Waals surface area contributed by atoms with Crippen LogP contribution in [-0.2, 0) is 4.79 Å². The van der Waals surface area contributed by atoms with Crippen molar-refractivity contribution in [2.24, 2.45) is 0 Å². The van der Waals surface area contributed by atoms with Gasteiger partial charge in [-0.25, -0.2) is 9.49 Å². The molecule has 1 amide bonds. The van der Waals surface area contributed by atoms with E-state index in [1.54, 1.807) is 42.2 Å². The molecule has 3 heterocycles. The first-order valence-electron chi connectivity index (χ1n) is 11.1. The van der Waals surface area contributed by atoms with E-state index in [9.17, 15) is 14.0 Å². The van der Waals surface area contributed by atoms with E-state index in [0.29, 0.717) is 36.2 Å². The topological polar surface area (TPSA) is 106 Å². The molecule has 2 aromatic heterocycles. The molecule has 0 aliphatic carbocycles. The predicted molar refractivity (Wildman–Crippen MR) is 130 cm³/mol. The van der Waals surface area contributed by atoms with Gasteiger partial charge in [0.25, 0.3) is 11.5 Å². The first kappa shape index (κ1) is 22.2. The van der Waals surface area contributed by atoms with Crippen LogP contribution >= 0.6 is 0 Å². The van der Waals surface area contributed by atoms with Crippen LogP contribution in [0.25, 0.3) is 22.0 Å². The van der Waals surface area contributed by atoms with Crippen LogP contribution in [0.1, 0.15) is 19.4 Å². The number of aromatic amines is 1. The number of nitrogens with zero attached hydrogens (tertiary/aromatic N) is 3. The smallest absolute Gasteiger partial charge is 0.298 e. The van der Waals surface area contributed by atoms with Gasteiger partial charge in [0, 0.05) is 24.8 Å². The van der Waals surface area contributed by atoms with Crippen molar-refractivity contribution in [2.75, 3.05) is 18.8 Å². The summed E-state index contributed by atoms with van der Waals surface area (Å²) in [7, 11) is 0. The molecule has 1 atom stereocenters. The van der Waals surface area contributed by atoms with Crippen LogP contribution in [0.15, 0.2) is 59.5 Å². The number of rotatable bonds is 4. The molecule has 5 rings (SSSR count). The molecule has 176 valence electrons. The van der Waals surface area contributed by atoms with Crippen LogP contribution in [0, 0.1) is 17.7 Å². The number of likely N-dealkylation sites (tertiary alicyclic amines) is 1. The molecular weight excluding hydrogens is 449 g/mol. The van der Waals surface area contributed by atoms with Gasteiger partial charge in [-0.05, 0) is 49.1 Å². The summed E-state index contributed by atoms with van der Waals surface area (Å²) < 4.78 is 21.5. The van der Waals surface area contributed by atoms with E-state index in [2.05, 4.69) is 22.0 Å². The Hall–Kier alpha value is -4.58. The SMILES string of the molecule is CC#CC(=O)N1CC[C@H](n2cc(-c3ccc(Oc4ccccc4F)cc3)c3c(N)n[nH]c(=O)c32)C1. The molecule has 0 spiro atoms. The molecule has 8 nitrogen and oxygen atoms in total. The van der Waals surface area contributed by atoms with Crippen LogP contribution in [0.2, 0.25) is 0 Å². The largest absolute Gasteiger partial charge is 0.454 e. The second-order valence-electron chi connectivity index (χ2n) is 8.24. The normalized spacial score (nSPS) is 15.1. The minimum absolute atomic E-state index is 0.111. The van der Waals surface area contributed by atoms with E-state index in [-0.39, 0.29) is 29.1 Å². The fourth-order valence-electron chi connectivity index (χ4n) is 4.44. The van der Waals surface area contributed by atoms with Crippen molar-refractivity contribution in [3.05, 3.63) is 70.9 Å². The molecule has 1 aliphatic heterocycles. The molecule has 0 bridgehead atoms. The number of fused-ring (bicyclic) bond motifs is 1. The standard InChI is InChI=1S/C26H22FN5O3/c1-2-5-22(33)31-13-12-17(14-31)32-15-19(23-24(32)26(34)30-29-25(23)28)16-8-10-18(11-9-16)35-21-7-4-3-6-20(21)27/h3-4,6-11,15,17H,12-14H2,1H3,(H2,28,29)(H,30,34)/t17-/m0/s1. The van der Waals surface area contributed by atoms with Crippen molar-refractivity contribution in [1.82, 2.24) is 19.7 Å². The van der Waals surface area contributed by atoms with Crippen molar-refractivity contribution >= 4 is 22.6 Å². The molecule has 35 heavy (non-hydrogen) atoms. The Morgan fingerprint density at radius 3 is 2.74 bits per heavy atom. The number of benzene rings is 2. The average Bonchev–Trinajstić information content (AvgIpc) is 3.50. The van der Waals surface area contributed by atoms with E-state index in [1.807, 2.05) is 22.9 Å². The van der Waals surface area contributed by atoms with Gasteiger partial charge in [-0.15, -0.1) is 0 Å². The highest BCUT2D eigenvalue weighted by Crippen LogP contribution is 2.36. The van der Waals surface area contributed by atoms with Crippen molar-refractivity contribution in [3.63, 3.8) is 0 Å². The summed E-state index contributed by atoms with van der Waals surface area (Å²) in [6.45, 7) is 2.61. The Labute approximate surface area is 200 Å². The fourth-order valence-corrected chi connectivity index (χ4v) is 4.44. The zero-order chi connectivity index (χ0) is 24.5. The Balaban J connectivity index is 1.52. The molecule has 0 radical (unpaired) electrons. The number of carbonyl (C=O) groups is 1. The van der Waals surface area contributed by atoms with E-state index in [0.717, 1.165) is 11.1 Å². The molecule has 1 aliphatic rings. The van der Waals surface area contributed by atoms with Gasteiger partial charge in [0.15, 0.2) is 17.4 Å². The van der Waals surface area contributed by atoms with Gasteiger partial charge in [-0.2, -0.15) is 5.10 Å². The van der Waals surface area contributed by atoms with Gasteiger partial charge < -0.3 is 19.9 Å². The minimum Gasteiger partial charge on any atom is -0.454 e. The number of nitrogens with two attached hydrogens (primary N) is 1. The predicted octanol–water partition coefficient (Wildman–Crippen LogP) is 3.70. The number of para-hydroxylation sites is 1. The molecule has 1 saturated heterocycles. The van der Waals surface area contributed by atoms with Gasteiger partial charge in [0.05, 0.1) is 11.4 Å². The second kappa shape index (κ2) is 8.99. The maximum absolute atomic E-state index is 13.9. The Kier molecular flexibility index (Phi) is 5.71. The second-order valence-corrected chi connectivity index (χ2v) is 8.24. The fraction of sp³-hybridized carbons (Fsp3) is 0.192. The Morgan fingerprint density at radius 2 is 2.00 bits per heavy atom. The van der Waals surface area contributed by atoms with Crippen molar-refractivity contribution in [1.29, 1.82) is 0 Å². The highest BCUT2D eigenvalue weighted by Gasteiger charge is 2.29. The highest BCUT2D eigenvalue weighted by atomic mass is 19.1. The average molecular weight is 471 g/mol. The summed E-state index contributed by atoms with van der Waals surface area (Å²) in [5.41, 5.74) is 7.75. The Bertz CT molecular complexity index is 1550. The molecule has 0 saturated carbocycles. The highest BCUT2D eigenvalue weighted by molar-refractivity contribution is 6.02. The summed E-state index contributed by atoms with van der Waals surface area (Å²) in [5, 5.41) is 6.96. The summed E-state index contributed by atoms with van der Waals surface area (Å²) in [6.07, 6.45) is 2.55. The minimum atomic E-state index is -0.452. The van der Waals surface area contributed by atoms with Crippen LogP contribution in [-0.4, -0.2) is 38.7 Å². The number of H-pyrrole nitrogens is 1. The first-order chi connectivity index (χ1) is 17.0. The van der Waals surface area contributed by atoms with Crippen molar-refractivity contribution < 1.29 is 13.9 Å². The van der Waals surface area contributed by atoms with Crippen LogP contribution < -0.4 is 16.0 Å². The number of ether oxygens (including phenoxy) is 1. The van der Waals surface area contributed by atoms with E-state index < -0.39 is 5.82 Å². The van der Waals surface area contributed by atoms with Gasteiger partial charge >= 0.3 is 0 Å². The number of anilines is 1. The summed E-state index contributed by atoms with van der Waals surface area (Å²) in [6, 6.07) is 13.1. The number of nitrogen functional groups attached to an aromatic ring is 1. The van der Waals surface area contributed by atoms with Gasteiger partial charge in [0.2, 0.25) is 0 Å². The van der Waals surface area contributed by atoms with Crippen molar-refractivity contribution in [3.8, 4) is 34.5 Å². The monoisotopic (exact) mass is 471 g/mol. The third-order valence-corrected chi connectivity index (χ3v) is 6.09. The molecule has 3 N–H and O–H groups in total. The van der Waals surface area contributed by atoms with E-state index >= 15 is 0 Å². The first-order valence-corrected chi connectivity index (χ1v) is 11.1. The summed E-state index contributed by atoms with van der Waals surface area (Å²) in [5.74, 6) is 5.31. The van der Waals surface area contributed by atoms with Gasteiger partial charge in [0.1, 0.15) is 11.3 Å². The van der Waals surface area contributed by atoms with Gasteiger partial charge in [-0.3, -0.25) is 9.59 Å². The maximum Gasteiger partial charge on any atom is 0.298 e. The Morgan fingerprint density at radius 1 is 1.23 bits per heavy atom. The lowest BCUT2D eigenvalue weighted by molar-refractivity contribution is -0.124. The van der Waals surface area contributed by atoms with E-state index in [1.165, 1.54) is 6.07 Å². The third-order valence-electron chi connectivity index (χ3n) is 6.09. The van der Waals surface area contributed by atoms with E-state index in [4.69, 9.17) is 10.5 Å². The lowest BCUT2D eigenvalue weighted by atomic mass is 10.1. The number of halogens is 1. The maximum atomic E-state index is 13.9. The molecule has 1 fully saturated rings. The number of aromatic nitrogens is 3. The molecule has 9 heteroatoms. The summed E-state index contributed by atoms with van der Waals surface area (Å²) in [4.78, 5) is 26.7. The quantitative estimate of drug-likeness (QED) is 0.442. The van der Waals surface area contributed by atoms with Crippen LogP contribution in [0.4, 0.5) is 10.2 Å².